The van der Waals surface area contributed by atoms with Crippen LogP contribution in [0.2, 0.25) is 0 Å². The van der Waals surface area contributed by atoms with Gasteiger partial charge in [-0.15, -0.1) is 0 Å². The Kier molecular flexibility index (Phi) is 3.19. The van der Waals surface area contributed by atoms with E-state index in [1.54, 1.807) is 12.7 Å². The van der Waals surface area contributed by atoms with Gasteiger partial charge in [0.05, 0.1) is 13.2 Å². The highest BCUT2D eigenvalue weighted by atomic mass is 16.5. The van der Waals surface area contributed by atoms with E-state index in [1.165, 1.54) is 22.3 Å². The maximum atomic E-state index is 10.0. The van der Waals surface area contributed by atoms with E-state index in [1.807, 2.05) is 0 Å². The van der Waals surface area contributed by atoms with Crippen molar-refractivity contribution < 1.29 is 9.84 Å². The average Bonchev–Trinajstić information content (AvgIpc) is 2.54. The minimum atomic E-state index is -0.141. The van der Waals surface area contributed by atoms with Crippen LogP contribution in [0.5, 0.6) is 5.75 Å². The summed E-state index contributed by atoms with van der Waals surface area (Å²) in [5.74, 6) is 1.03. The summed E-state index contributed by atoms with van der Waals surface area (Å²) in [4.78, 5) is 0. The van der Waals surface area contributed by atoms with Gasteiger partial charge in [0.2, 0.25) is 0 Å². The van der Waals surface area contributed by atoms with Crippen molar-refractivity contribution in [2.24, 2.45) is 5.41 Å². The summed E-state index contributed by atoms with van der Waals surface area (Å²) in [5, 5.41) is 10.0. The van der Waals surface area contributed by atoms with Crippen LogP contribution in [0.4, 0.5) is 0 Å². The second-order valence-electron chi connectivity index (χ2n) is 7.11. The van der Waals surface area contributed by atoms with Crippen LogP contribution in [-0.2, 0) is 6.42 Å². The lowest BCUT2D eigenvalue weighted by Crippen LogP contribution is -2.35. The minimum absolute atomic E-state index is 0.141. The number of aliphatic hydroxyl groups is 1. The van der Waals surface area contributed by atoms with Crippen molar-refractivity contribution in [1.82, 2.24) is 0 Å². The summed E-state index contributed by atoms with van der Waals surface area (Å²) in [6.45, 7) is 2.39. The first-order valence-electron chi connectivity index (χ1n) is 8.40. The fraction of sp³-hybridized carbons (Fsp3) is 0.500. The molecular formula is C20H24O2. The normalized spacial score (nSPS) is 30.1. The van der Waals surface area contributed by atoms with Gasteiger partial charge in [-0.1, -0.05) is 36.3 Å². The number of methoxy groups -OCH3 is 1. The molecule has 0 radical (unpaired) electrons. The van der Waals surface area contributed by atoms with Gasteiger partial charge in [-0.05, 0) is 55.7 Å². The Labute approximate surface area is 132 Å². The third kappa shape index (κ3) is 1.90. The number of fused-ring (bicyclic) bond motifs is 4. The molecule has 116 valence electrons. The predicted molar refractivity (Wildman–Crippen MR) is 88.9 cm³/mol. The first kappa shape index (κ1) is 14.1. The Bertz CT molecular complexity index is 683. The van der Waals surface area contributed by atoms with E-state index >= 15 is 0 Å². The third-order valence-electron chi connectivity index (χ3n) is 6.03. The van der Waals surface area contributed by atoms with Gasteiger partial charge in [0.1, 0.15) is 5.75 Å². The molecule has 22 heavy (non-hydrogen) atoms. The topological polar surface area (TPSA) is 29.5 Å². The Morgan fingerprint density at radius 1 is 1.27 bits per heavy atom. The summed E-state index contributed by atoms with van der Waals surface area (Å²) < 4.78 is 5.57. The van der Waals surface area contributed by atoms with E-state index in [-0.39, 0.29) is 11.5 Å². The van der Waals surface area contributed by atoms with E-state index in [0.717, 1.165) is 44.3 Å². The lowest BCUT2D eigenvalue weighted by Gasteiger charge is -2.46. The molecule has 1 aromatic carbocycles. The zero-order chi connectivity index (χ0) is 15.3. The van der Waals surface area contributed by atoms with Crippen LogP contribution in [0.25, 0.3) is 5.57 Å². The minimum Gasteiger partial charge on any atom is -0.496 e. The van der Waals surface area contributed by atoms with E-state index < -0.39 is 0 Å². The largest absolute Gasteiger partial charge is 0.496 e. The molecule has 3 aliphatic rings. The number of ether oxygens (including phenoxy) is 1. The molecule has 0 amide bonds. The number of aliphatic hydroxyl groups excluding tert-OH is 1. The fourth-order valence-corrected chi connectivity index (χ4v) is 4.78. The highest BCUT2D eigenvalue weighted by molar-refractivity contribution is 5.78. The lowest BCUT2D eigenvalue weighted by atomic mass is 9.59. The molecule has 2 heteroatoms. The van der Waals surface area contributed by atoms with Crippen molar-refractivity contribution in [3.05, 3.63) is 46.5 Å². The lowest BCUT2D eigenvalue weighted by molar-refractivity contribution is 0.120. The zero-order valence-electron chi connectivity index (χ0n) is 13.5. The summed E-state index contributed by atoms with van der Waals surface area (Å²) >= 11 is 0. The highest BCUT2D eigenvalue weighted by Gasteiger charge is 2.42. The van der Waals surface area contributed by atoms with E-state index in [9.17, 15) is 5.11 Å². The summed E-state index contributed by atoms with van der Waals surface area (Å²) in [6.07, 6.45) is 8.32. The van der Waals surface area contributed by atoms with Crippen LogP contribution >= 0.6 is 0 Å². The van der Waals surface area contributed by atoms with Gasteiger partial charge in [0, 0.05) is 11.0 Å². The van der Waals surface area contributed by atoms with Gasteiger partial charge in [-0.3, -0.25) is 0 Å². The Morgan fingerprint density at radius 2 is 2.14 bits per heavy atom. The Hall–Kier alpha value is -1.54. The third-order valence-corrected chi connectivity index (χ3v) is 6.03. The van der Waals surface area contributed by atoms with Gasteiger partial charge in [0.15, 0.2) is 0 Å². The Morgan fingerprint density at radius 3 is 2.95 bits per heavy atom. The molecule has 3 aliphatic carbocycles. The molecule has 0 saturated heterocycles. The van der Waals surface area contributed by atoms with Crippen LogP contribution in [0, 0.1) is 5.41 Å². The smallest absolute Gasteiger partial charge is 0.122 e. The molecule has 0 spiro atoms. The number of hydrogen-bond donors (Lipinski definition) is 1. The van der Waals surface area contributed by atoms with Gasteiger partial charge in [-0.2, -0.15) is 0 Å². The highest BCUT2D eigenvalue weighted by Crippen LogP contribution is 2.55. The van der Waals surface area contributed by atoms with Crippen molar-refractivity contribution in [2.45, 2.75) is 51.6 Å². The molecule has 2 nitrogen and oxygen atoms in total. The second kappa shape index (κ2) is 4.99. The van der Waals surface area contributed by atoms with Crippen molar-refractivity contribution in [1.29, 1.82) is 0 Å². The van der Waals surface area contributed by atoms with Gasteiger partial charge in [-0.25, -0.2) is 0 Å². The van der Waals surface area contributed by atoms with Crippen LogP contribution in [0.1, 0.15) is 50.2 Å². The molecule has 0 aromatic heterocycles. The number of hydrogen-bond acceptors (Lipinski definition) is 2. The van der Waals surface area contributed by atoms with E-state index in [2.05, 4.69) is 31.2 Å². The van der Waals surface area contributed by atoms with Crippen LogP contribution in [0.15, 0.2) is 35.4 Å². The summed E-state index contributed by atoms with van der Waals surface area (Å²) in [5.41, 5.74) is 7.55. The van der Waals surface area contributed by atoms with Crippen LogP contribution in [0.3, 0.4) is 0 Å². The molecule has 1 fully saturated rings. The van der Waals surface area contributed by atoms with E-state index in [0.29, 0.717) is 0 Å². The summed E-state index contributed by atoms with van der Waals surface area (Å²) in [7, 11) is 1.77. The summed E-state index contributed by atoms with van der Waals surface area (Å²) in [6, 6.07) is 6.44. The number of benzene rings is 1. The van der Waals surface area contributed by atoms with Gasteiger partial charge in [0.25, 0.3) is 0 Å². The van der Waals surface area contributed by atoms with Gasteiger partial charge >= 0.3 is 0 Å². The standard InChI is InChI=1S/C20H24O2/c1-20-11-10-14(21)12-13(20)6-7-16-15-4-3-5-19(22-2)17(15)8-9-18(16)20/h3-6,14,21H,7-12H2,1-2H3/t14-,20-/m1/s1. The molecule has 1 N–H and O–H groups in total. The van der Waals surface area contributed by atoms with E-state index in [4.69, 9.17) is 4.74 Å². The monoisotopic (exact) mass is 296 g/mol. The number of allylic oxidation sites excluding steroid dienone is 3. The fourth-order valence-electron chi connectivity index (χ4n) is 4.78. The first-order chi connectivity index (χ1) is 10.6. The Balaban J connectivity index is 1.82. The van der Waals surface area contributed by atoms with Crippen molar-refractivity contribution in [3.63, 3.8) is 0 Å². The van der Waals surface area contributed by atoms with Gasteiger partial charge < -0.3 is 9.84 Å². The molecule has 0 unspecified atom stereocenters. The maximum absolute atomic E-state index is 10.0. The first-order valence-corrected chi connectivity index (χ1v) is 8.40. The zero-order valence-corrected chi connectivity index (χ0v) is 13.5. The van der Waals surface area contributed by atoms with Crippen molar-refractivity contribution >= 4 is 5.57 Å². The second-order valence-corrected chi connectivity index (χ2v) is 7.11. The predicted octanol–water partition coefficient (Wildman–Crippen LogP) is 4.28. The molecular weight excluding hydrogens is 272 g/mol. The maximum Gasteiger partial charge on any atom is 0.122 e. The van der Waals surface area contributed by atoms with Crippen molar-refractivity contribution in [2.75, 3.05) is 7.11 Å². The van der Waals surface area contributed by atoms with Crippen LogP contribution < -0.4 is 4.74 Å². The van der Waals surface area contributed by atoms with Crippen LogP contribution in [-0.4, -0.2) is 18.3 Å². The molecule has 1 aromatic rings. The quantitative estimate of drug-likeness (QED) is 0.784. The number of rotatable bonds is 1. The molecule has 0 heterocycles. The molecule has 0 bridgehead atoms. The molecule has 2 atom stereocenters. The average molecular weight is 296 g/mol. The SMILES string of the molecule is COc1cccc2c1CCC1=C2CC=C2C[C@H](O)CC[C@]21C. The molecule has 0 aliphatic heterocycles. The van der Waals surface area contributed by atoms with Crippen molar-refractivity contribution in [3.8, 4) is 5.75 Å². The molecule has 1 saturated carbocycles. The molecule has 4 rings (SSSR count).